The number of alkyl halides is 1. The number of fused-ring (bicyclic) bond motifs is 1. The Kier molecular flexibility index (Phi) is 16.9. The lowest BCUT2D eigenvalue weighted by Gasteiger charge is -2.39. The number of piperidine rings is 1. The summed E-state index contributed by atoms with van der Waals surface area (Å²) in [6.45, 7) is 12.4. The summed E-state index contributed by atoms with van der Waals surface area (Å²) >= 11 is 1.58. The Morgan fingerprint density at radius 1 is 0.890 bits per heavy atom. The van der Waals surface area contributed by atoms with Gasteiger partial charge in [-0.1, -0.05) is 41.6 Å². The van der Waals surface area contributed by atoms with Crippen molar-refractivity contribution in [3.8, 4) is 21.6 Å². The Morgan fingerprint density at radius 3 is 2.29 bits per heavy atom. The topological polar surface area (TPSA) is 205 Å². The molecule has 0 bridgehead atoms. The normalized spacial score (nSPS) is 20.3. The maximum atomic E-state index is 16.1. The number of H-pyrrole nitrogens is 1. The van der Waals surface area contributed by atoms with Gasteiger partial charge in [-0.15, -0.1) is 11.3 Å². The number of aliphatic hydroxyl groups is 1. The number of thiol groups is 1. The molecule has 3 aromatic carbocycles. The smallest absolute Gasteiger partial charge is 0.243 e. The molecule has 82 heavy (non-hydrogen) atoms. The summed E-state index contributed by atoms with van der Waals surface area (Å²) < 4.78 is 76.3. The standard InChI is InChI=1S/C59H66F3N11O7S2/c1-35-26-52(80-67-35)46(59(77)72-33-45(74)28-51(72)58(76)66-36(2)39-4-6-41(7-5-39)56-37(3)65-34-81-56)17-18-68-22-24-69(25-23-68)31-38-14-19-70(20-15-38)44-10-8-40(9-11-44)42-27-47-48(30-64-57(47)63-29-42)55(75)53-49(61)12-13-50(54(53)62)73(82(78)79)71-21-16-43(60)32-71/h4-13,26-27,29-30,34,36,38,43,45-46,51,74,82H,14-25,28,31-33H2,1-3H3,(H,63,64)(H,66,76)/t36-,43+,45+,46?,51-/m0/s1. The average molecular weight is 1160 g/mol. The number of nitrogens with one attached hydrogen (secondary N) is 2. The number of β-amino-alcohol motifs (C(OH)–C–C–N with tert-alkyl or cyclic N) is 1. The molecule has 4 aliphatic heterocycles. The molecule has 2 amide bonds. The number of amides is 2. The molecule has 23 heteroatoms. The van der Waals surface area contributed by atoms with Gasteiger partial charge in [0.2, 0.25) is 28.5 Å². The Morgan fingerprint density at radius 2 is 1.62 bits per heavy atom. The number of thiazole rings is 1. The van der Waals surface area contributed by atoms with Gasteiger partial charge in [-0.3, -0.25) is 14.4 Å². The third-order valence-corrected chi connectivity index (χ3v) is 18.4. The predicted octanol–water partition coefficient (Wildman–Crippen LogP) is 7.61. The number of rotatable bonds is 18. The summed E-state index contributed by atoms with van der Waals surface area (Å²) in [4.78, 5) is 64.0. The van der Waals surface area contributed by atoms with Crippen LogP contribution in [0.25, 0.3) is 32.6 Å². The summed E-state index contributed by atoms with van der Waals surface area (Å²) in [7, 11) is -3.49. The van der Waals surface area contributed by atoms with Crippen molar-refractivity contribution < 1.29 is 45.6 Å². The zero-order valence-corrected chi connectivity index (χ0v) is 47.6. The molecule has 5 atom stereocenters. The van der Waals surface area contributed by atoms with E-state index in [0.717, 1.165) is 109 Å². The Balaban J connectivity index is 0.660. The lowest BCUT2D eigenvalue weighted by molar-refractivity contribution is -0.140. The van der Waals surface area contributed by atoms with Gasteiger partial charge in [0, 0.05) is 106 Å². The quantitative estimate of drug-likeness (QED) is 0.0483. The number of carbonyl (C=O) groups is 3. The Labute approximate surface area is 478 Å². The van der Waals surface area contributed by atoms with Gasteiger partial charge in [-0.25, -0.2) is 36.6 Å². The monoisotopic (exact) mass is 1160 g/mol. The zero-order chi connectivity index (χ0) is 57.3. The third kappa shape index (κ3) is 12.1. The van der Waals surface area contributed by atoms with E-state index < -0.39 is 63.8 Å². The van der Waals surface area contributed by atoms with Crippen molar-refractivity contribution in [1.82, 2.24) is 45.1 Å². The van der Waals surface area contributed by atoms with E-state index in [4.69, 9.17) is 4.52 Å². The Bertz CT molecular complexity index is 3520. The van der Waals surface area contributed by atoms with Crippen LogP contribution in [-0.2, 0) is 20.5 Å². The van der Waals surface area contributed by atoms with E-state index in [0.29, 0.717) is 51.3 Å². The van der Waals surface area contributed by atoms with Crippen LogP contribution in [-0.4, -0.2) is 161 Å². The first-order valence-corrected chi connectivity index (χ1v) is 29.9. The second-order valence-corrected chi connectivity index (χ2v) is 23.8. The molecule has 11 rings (SSSR count). The number of aromatic nitrogens is 4. The number of hydrogen-bond donors (Lipinski definition) is 4. The van der Waals surface area contributed by atoms with Crippen LogP contribution in [0.4, 0.5) is 24.5 Å². The number of aryl methyl sites for hydroxylation is 2. The largest absolute Gasteiger partial charge is 0.391 e. The van der Waals surface area contributed by atoms with Crippen molar-refractivity contribution in [3.05, 3.63) is 136 Å². The van der Waals surface area contributed by atoms with E-state index in [9.17, 15) is 32.3 Å². The summed E-state index contributed by atoms with van der Waals surface area (Å²) in [6.07, 6.45) is 3.54. The number of aliphatic hydroxyl groups excluding tert-OH is 1. The molecule has 4 saturated heterocycles. The highest BCUT2D eigenvalue weighted by atomic mass is 32.2. The minimum Gasteiger partial charge on any atom is -0.391 e. The molecular formula is C59H66F3N11O7S2. The van der Waals surface area contributed by atoms with Crippen LogP contribution >= 0.6 is 11.3 Å². The number of benzene rings is 3. The first kappa shape index (κ1) is 56.8. The first-order chi connectivity index (χ1) is 39.6. The SMILES string of the molecule is Cc1cc(C(CCN2CCN(CC3CCN(c4ccc(-c5cnc6[nH]cc(C(=O)c7c(F)ccc(N(N8CC[C@@H](F)C8)[SH](=O)=O)c7F)c6c5)cc4)CC3)CC2)C(=O)N2C[C@H](O)C[C@H]2C(=O)N[C@@H](C)c2ccc(-c3scnc3C)cc2)on1. The van der Waals surface area contributed by atoms with E-state index in [2.05, 4.69) is 52.3 Å². The minimum absolute atomic E-state index is 0.000658. The Hall–Kier alpha value is -7.02. The number of likely N-dealkylation sites (tertiary alicyclic amines) is 1. The molecule has 0 aliphatic carbocycles. The number of hydrogen-bond acceptors (Lipinski definition) is 15. The highest BCUT2D eigenvalue weighted by Gasteiger charge is 2.43. The summed E-state index contributed by atoms with van der Waals surface area (Å²) in [6, 6.07) is 20.2. The highest BCUT2D eigenvalue weighted by Crippen LogP contribution is 2.35. The van der Waals surface area contributed by atoms with Crippen LogP contribution in [0.15, 0.2) is 95.2 Å². The number of anilines is 2. The second-order valence-electron chi connectivity index (χ2n) is 22.1. The molecule has 0 spiro atoms. The van der Waals surface area contributed by atoms with Crippen molar-refractivity contribution in [3.63, 3.8) is 0 Å². The maximum Gasteiger partial charge on any atom is 0.243 e. The molecule has 432 valence electrons. The van der Waals surface area contributed by atoms with Crippen LogP contribution in [0.1, 0.15) is 89.6 Å². The number of carbonyl (C=O) groups excluding carboxylic acids is 3. The molecule has 3 N–H and O–H groups in total. The van der Waals surface area contributed by atoms with Gasteiger partial charge in [0.1, 0.15) is 41.0 Å². The molecule has 4 aliphatic rings. The zero-order valence-electron chi connectivity index (χ0n) is 45.8. The molecule has 4 fully saturated rings. The lowest BCUT2D eigenvalue weighted by Crippen LogP contribution is -2.50. The van der Waals surface area contributed by atoms with Gasteiger partial charge >= 0.3 is 0 Å². The van der Waals surface area contributed by atoms with Crippen LogP contribution in [0.2, 0.25) is 0 Å². The van der Waals surface area contributed by atoms with E-state index >= 15 is 8.78 Å². The number of nitrogens with zero attached hydrogens (tertiary/aromatic N) is 9. The van der Waals surface area contributed by atoms with Crippen LogP contribution < -0.4 is 14.6 Å². The van der Waals surface area contributed by atoms with Crippen molar-refractivity contribution in [2.24, 2.45) is 5.92 Å². The van der Waals surface area contributed by atoms with E-state index in [-0.39, 0.29) is 55.9 Å². The van der Waals surface area contributed by atoms with Crippen LogP contribution in [0.3, 0.4) is 0 Å². The fourth-order valence-corrected chi connectivity index (χ4v) is 13.6. The maximum absolute atomic E-state index is 16.1. The molecule has 0 radical (unpaired) electrons. The molecule has 7 aromatic rings. The number of aromatic amines is 1. The van der Waals surface area contributed by atoms with E-state index in [1.54, 1.807) is 29.7 Å². The van der Waals surface area contributed by atoms with Gasteiger partial charge in [0.05, 0.1) is 46.0 Å². The van der Waals surface area contributed by atoms with Gasteiger partial charge in [-0.05, 0) is 106 Å². The van der Waals surface area contributed by atoms with Crippen LogP contribution in [0.5, 0.6) is 0 Å². The fraction of sp³-hybridized carbons (Fsp3) is 0.424. The summed E-state index contributed by atoms with van der Waals surface area (Å²) in [5.74, 6) is -3.80. The van der Waals surface area contributed by atoms with Crippen LogP contribution in [0, 0.1) is 31.4 Å². The number of pyridine rings is 1. The molecule has 0 saturated carbocycles. The van der Waals surface area contributed by atoms with Crippen molar-refractivity contribution >= 4 is 62.2 Å². The molecule has 18 nitrogen and oxygen atoms in total. The average Bonchev–Trinajstić information content (AvgIpc) is 4.38. The van der Waals surface area contributed by atoms with Gasteiger partial charge in [0.15, 0.2) is 5.82 Å². The van der Waals surface area contributed by atoms with Gasteiger partial charge in [-0.2, -0.15) is 4.41 Å². The summed E-state index contributed by atoms with van der Waals surface area (Å²) in [5, 5.41) is 19.5. The number of piperazine rings is 1. The van der Waals surface area contributed by atoms with E-state index in [1.165, 1.54) is 11.1 Å². The number of halogens is 3. The molecule has 8 heterocycles. The second kappa shape index (κ2) is 24.4. The number of ketones is 1. The first-order valence-electron chi connectivity index (χ1n) is 27.9. The molecule has 1 unspecified atom stereocenters. The van der Waals surface area contributed by atoms with Gasteiger partial charge < -0.3 is 39.5 Å². The minimum atomic E-state index is -3.49. The highest BCUT2D eigenvalue weighted by molar-refractivity contribution is 7.73. The van der Waals surface area contributed by atoms with Crippen molar-refractivity contribution in [2.45, 2.75) is 83.2 Å². The fourth-order valence-electron chi connectivity index (χ4n) is 12.1. The van der Waals surface area contributed by atoms with Crippen molar-refractivity contribution in [1.29, 1.82) is 0 Å². The predicted molar refractivity (Wildman–Crippen MR) is 307 cm³/mol. The lowest BCUT2D eigenvalue weighted by atomic mass is 9.95. The molecular weight excluding hydrogens is 1100 g/mol. The van der Waals surface area contributed by atoms with Crippen molar-refractivity contribution in [2.75, 3.05) is 81.3 Å². The van der Waals surface area contributed by atoms with E-state index in [1.807, 2.05) is 62.7 Å². The third-order valence-electron chi connectivity index (χ3n) is 16.6. The number of hydrazine groups is 1. The molecule has 4 aromatic heterocycles. The van der Waals surface area contributed by atoms with Gasteiger partial charge in [0.25, 0.3) is 0 Å². The summed E-state index contributed by atoms with van der Waals surface area (Å²) in [5.41, 5.74) is 6.77.